The quantitative estimate of drug-likeness (QED) is 0.219. The molecule has 5 nitrogen and oxygen atoms in total. The Hall–Kier alpha value is -3.55. The van der Waals surface area contributed by atoms with E-state index in [0.717, 1.165) is 40.3 Å². The average Bonchev–Trinajstić information content (AvgIpc) is 3.44. The van der Waals surface area contributed by atoms with Crippen LogP contribution in [0.25, 0.3) is 0 Å². The molecule has 202 valence electrons. The number of nitrogens with zero attached hydrogens (tertiary/aromatic N) is 2. The number of rotatable bonds is 11. The summed E-state index contributed by atoms with van der Waals surface area (Å²) >= 11 is 1.51. The molecule has 4 aromatic rings. The predicted molar refractivity (Wildman–Crippen MR) is 153 cm³/mol. The van der Waals surface area contributed by atoms with Gasteiger partial charge >= 0.3 is 0 Å². The first-order valence-electron chi connectivity index (χ1n) is 13.6. The fourth-order valence-corrected chi connectivity index (χ4v) is 5.71. The van der Waals surface area contributed by atoms with Gasteiger partial charge in [0.2, 0.25) is 0 Å². The fourth-order valence-electron chi connectivity index (χ4n) is 4.89. The second-order valence-corrected chi connectivity index (χ2v) is 11.1. The Kier molecular flexibility index (Phi) is 9.35. The van der Waals surface area contributed by atoms with Crippen molar-refractivity contribution in [1.29, 1.82) is 0 Å². The van der Waals surface area contributed by atoms with E-state index in [2.05, 4.69) is 27.3 Å². The number of benzene rings is 3. The highest BCUT2D eigenvalue weighted by Crippen LogP contribution is 2.21. The highest BCUT2D eigenvalue weighted by Gasteiger charge is 2.19. The number of ether oxygens (including phenoxy) is 1. The lowest BCUT2D eigenvalue weighted by molar-refractivity contribution is 0.0923. The first-order valence-corrected chi connectivity index (χ1v) is 14.5. The van der Waals surface area contributed by atoms with Gasteiger partial charge in [0.25, 0.3) is 5.91 Å². The van der Waals surface area contributed by atoms with Crippen molar-refractivity contribution in [2.75, 3.05) is 0 Å². The number of nitrogens with one attached hydrogen (secondary N) is 1. The van der Waals surface area contributed by atoms with Crippen molar-refractivity contribution >= 4 is 17.2 Å². The van der Waals surface area contributed by atoms with Gasteiger partial charge in [-0.1, -0.05) is 73.9 Å². The summed E-state index contributed by atoms with van der Waals surface area (Å²) in [5.74, 6) is 0.492. The van der Waals surface area contributed by atoms with E-state index in [1.807, 2.05) is 60.0 Å². The van der Waals surface area contributed by atoms with Crippen molar-refractivity contribution in [3.05, 3.63) is 117 Å². The number of carbonyl (C=O) groups is 1. The van der Waals surface area contributed by atoms with Crippen LogP contribution in [-0.2, 0) is 26.2 Å². The third-order valence-corrected chi connectivity index (χ3v) is 7.81. The molecule has 0 atom stereocenters. The largest absolute Gasteiger partial charge is 0.489 e. The zero-order valence-electron chi connectivity index (χ0n) is 22.0. The third-order valence-electron chi connectivity index (χ3n) is 6.98. The normalized spacial score (nSPS) is 13.9. The van der Waals surface area contributed by atoms with Gasteiger partial charge in [0.1, 0.15) is 28.9 Å². The molecule has 0 aliphatic heterocycles. The van der Waals surface area contributed by atoms with Crippen LogP contribution < -0.4 is 10.1 Å². The molecule has 0 unspecified atom stereocenters. The highest BCUT2D eigenvalue weighted by molar-refractivity contribution is 7.09. The molecule has 1 amide bonds. The molecule has 1 fully saturated rings. The van der Waals surface area contributed by atoms with Crippen molar-refractivity contribution in [2.24, 2.45) is 0 Å². The van der Waals surface area contributed by atoms with Gasteiger partial charge in [0.05, 0.1) is 6.54 Å². The Morgan fingerprint density at radius 2 is 1.54 bits per heavy atom. The molecule has 0 bridgehead atoms. The number of carbonyl (C=O) groups excluding carboxylic acids is 1. The second-order valence-electron chi connectivity index (χ2n) is 10.1. The van der Waals surface area contributed by atoms with Gasteiger partial charge in [-0.2, -0.15) is 0 Å². The molecule has 1 aliphatic carbocycles. The molecule has 5 rings (SSSR count). The first kappa shape index (κ1) is 27.0. The molecule has 1 heterocycles. The molecule has 3 aromatic carbocycles. The molecule has 1 N–H and O–H groups in total. The fraction of sp³-hybridized carbons (Fsp3) is 0.312. The van der Waals surface area contributed by atoms with Crippen LogP contribution in [0.4, 0.5) is 4.39 Å². The monoisotopic (exact) mass is 543 g/mol. The SMILES string of the molecule is O=C(NC1CCCCC1)c1csc(CN(Cc2ccc(F)cc2)Cc2ccc(OCc3ccccc3)cc2)n1. The van der Waals surface area contributed by atoms with Crippen LogP contribution in [0.1, 0.15) is 64.3 Å². The van der Waals surface area contributed by atoms with Gasteiger partial charge in [-0.25, -0.2) is 9.37 Å². The van der Waals surface area contributed by atoms with Crippen molar-refractivity contribution < 1.29 is 13.9 Å². The minimum absolute atomic E-state index is 0.0828. The molecule has 1 aliphatic rings. The van der Waals surface area contributed by atoms with Crippen LogP contribution in [-0.4, -0.2) is 21.8 Å². The molecule has 0 spiro atoms. The number of hydrogen-bond donors (Lipinski definition) is 1. The standard InChI is InChI=1S/C32H34FN3O2S/c33-27-15-11-24(12-16-27)19-36(20-25-13-17-29(18-14-25)38-22-26-7-3-1-4-8-26)21-31-35-30(23-39-31)32(37)34-28-9-5-2-6-10-28/h1,3-4,7-8,11-18,23,28H,2,5-6,9-10,19-22H2,(H,34,37). The predicted octanol–water partition coefficient (Wildman–Crippen LogP) is 7.13. The van der Waals surface area contributed by atoms with Crippen LogP contribution in [0.2, 0.25) is 0 Å². The summed E-state index contributed by atoms with van der Waals surface area (Å²) in [7, 11) is 0. The van der Waals surface area contributed by atoms with Gasteiger partial charge < -0.3 is 10.1 Å². The summed E-state index contributed by atoms with van der Waals surface area (Å²) < 4.78 is 19.4. The summed E-state index contributed by atoms with van der Waals surface area (Å²) in [6.07, 6.45) is 5.69. The van der Waals surface area contributed by atoms with Crippen LogP contribution >= 0.6 is 11.3 Å². The number of hydrogen-bond acceptors (Lipinski definition) is 5. The lowest BCUT2D eigenvalue weighted by atomic mass is 9.95. The average molecular weight is 544 g/mol. The molecule has 0 saturated heterocycles. The van der Waals surface area contributed by atoms with E-state index in [1.165, 1.54) is 42.7 Å². The Morgan fingerprint density at radius 3 is 2.23 bits per heavy atom. The van der Waals surface area contributed by atoms with E-state index >= 15 is 0 Å². The Balaban J connectivity index is 1.23. The van der Waals surface area contributed by atoms with E-state index in [1.54, 1.807) is 0 Å². The lowest BCUT2D eigenvalue weighted by Gasteiger charge is -2.22. The van der Waals surface area contributed by atoms with Crippen molar-refractivity contribution in [1.82, 2.24) is 15.2 Å². The Labute approximate surface area is 233 Å². The van der Waals surface area contributed by atoms with Gasteiger partial charge in [-0.3, -0.25) is 9.69 Å². The van der Waals surface area contributed by atoms with Crippen molar-refractivity contribution in [3.63, 3.8) is 0 Å². The van der Waals surface area contributed by atoms with E-state index in [-0.39, 0.29) is 17.8 Å². The van der Waals surface area contributed by atoms with Crippen LogP contribution in [0, 0.1) is 5.82 Å². The van der Waals surface area contributed by atoms with Crippen LogP contribution in [0.15, 0.2) is 84.2 Å². The topological polar surface area (TPSA) is 54.5 Å². The van der Waals surface area contributed by atoms with Crippen molar-refractivity contribution in [2.45, 2.75) is 64.4 Å². The van der Waals surface area contributed by atoms with Gasteiger partial charge in [0, 0.05) is 24.5 Å². The van der Waals surface area contributed by atoms with Gasteiger partial charge in [-0.05, 0) is 53.8 Å². The number of aromatic nitrogens is 1. The Morgan fingerprint density at radius 1 is 0.872 bits per heavy atom. The number of thiazole rings is 1. The summed E-state index contributed by atoms with van der Waals surface area (Å²) in [5.41, 5.74) is 3.77. The number of amides is 1. The molecule has 1 saturated carbocycles. The molecule has 7 heteroatoms. The van der Waals surface area contributed by atoms with Crippen LogP contribution in [0.5, 0.6) is 5.75 Å². The third kappa shape index (κ3) is 8.22. The number of halogens is 1. The summed E-state index contributed by atoms with van der Waals surface area (Å²) in [4.78, 5) is 19.7. The lowest BCUT2D eigenvalue weighted by Crippen LogP contribution is -2.36. The molecule has 39 heavy (non-hydrogen) atoms. The zero-order chi connectivity index (χ0) is 26.9. The van der Waals surface area contributed by atoms with E-state index in [0.29, 0.717) is 31.9 Å². The summed E-state index contributed by atoms with van der Waals surface area (Å²) in [6.45, 7) is 2.43. The van der Waals surface area contributed by atoms with E-state index in [9.17, 15) is 9.18 Å². The highest BCUT2D eigenvalue weighted by atomic mass is 32.1. The maximum absolute atomic E-state index is 13.5. The van der Waals surface area contributed by atoms with Crippen LogP contribution in [0.3, 0.4) is 0 Å². The maximum atomic E-state index is 13.5. The zero-order valence-corrected chi connectivity index (χ0v) is 22.8. The van der Waals surface area contributed by atoms with E-state index in [4.69, 9.17) is 4.74 Å². The van der Waals surface area contributed by atoms with Gasteiger partial charge in [-0.15, -0.1) is 11.3 Å². The summed E-state index contributed by atoms with van der Waals surface area (Å²) in [5, 5.41) is 5.89. The van der Waals surface area contributed by atoms with Gasteiger partial charge in [0.15, 0.2) is 0 Å². The maximum Gasteiger partial charge on any atom is 0.270 e. The molecular weight excluding hydrogens is 509 g/mol. The Bertz CT molecular complexity index is 1320. The van der Waals surface area contributed by atoms with Crippen molar-refractivity contribution in [3.8, 4) is 5.75 Å². The molecule has 1 aromatic heterocycles. The minimum Gasteiger partial charge on any atom is -0.489 e. The smallest absolute Gasteiger partial charge is 0.270 e. The molecular formula is C32H34FN3O2S. The summed E-state index contributed by atoms with van der Waals surface area (Å²) in [6, 6.07) is 25.1. The van der Waals surface area contributed by atoms with E-state index < -0.39 is 0 Å². The molecule has 0 radical (unpaired) electrons. The first-order chi connectivity index (χ1) is 19.1. The second kappa shape index (κ2) is 13.5. The minimum atomic E-state index is -0.245.